The SMILES string of the molecule is C=C1CCC2CC(=C)C(CC[C@H]3C[C@@H](C)C(=C)C(C[C@@H]4O[C@H](C[C@H](C)CCPP)[C@H](C)C4CC(=O)CC4CC[C@@H]5O[C@@H]6[C@@H](O[C@H](C1)[C@@H]6OP(P)P)[C@@H](OP(P)P)[C@H]5O4)O3)O2. The Morgan fingerprint density at radius 1 is 0.733 bits per heavy atom. The summed E-state index contributed by atoms with van der Waals surface area (Å²) in [4.78, 5) is 14.3. The number of carbonyl (C=O) groups is 1. The molecule has 7 aliphatic heterocycles. The Morgan fingerprint density at radius 3 is 2.17 bits per heavy atom. The molecule has 60 heavy (non-hydrogen) atoms. The summed E-state index contributed by atoms with van der Waals surface area (Å²) in [6.45, 7) is 20.5. The number of hydrogen-bond acceptors (Lipinski definition) is 9. The van der Waals surface area contributed by atoms with E-state index in [9.17, 15) is 4.79 Å². The predicted octanol–water partition coefficient (Wildman–Crippen LogP) is 11.0. The monoisotopic (exact) mass is 982 g/mol. The fourth-order valence-corrected chi connectivity index (χ4v) is 15.1. The van der Waals surface area contributed by atoms with Gasteiger partial charge in [-0.2, -0.15) is 0 Å². The van der Waals surface area contributed by atoms with Gasteiger partial charge in [0, 0.05) is 19.3 Å². The van der Waals surface area contributed by atoms with Crippen LogP contribution >= 0.6 is 68.0 Å². The minimum absolute atomic E-state index is 0.0326. The summed E-state index contributed by atoms with van der Waals surface area (Å²) in [6.07, 6.45) is 10.5. The van der Waals surface area contributed by atoms with Crippen molar-refractivity contribution in [3.05, 3.63) is 36.5 Å². The molecule has 0 saturated carbocycles. The number of ether oxygens (including phenoxy) is 6. The molecule has 0 spiro atoms. The highest BCUT2D eigenvalue weighted by molar-refractivity contribution is 8.41. The van der Waals surface area contributed by atoms with Gasteiger partial charge in [-0.3, -0.25) is 4.79 Å². The maximum atomic E-state index is 14.3. The van der Waals surface area contributed by atoms with Gasteiger partial charge in [0.1, 0.15) is 36.3 Å². The molecule has 7 rings (SSSR count). The van der Waals surface area contributed by atoms with E-state index in [0.717, 1.165) is 83.6 Å². The van der Waals surface area contributed by atoms with E-state index in [1.165, 1.54) is 18.2 Å². The van der Waals surface area contributed by atoms with E-state index in [2.05, 4.69) is 85.2 Å². The first-order valence-electron chi connectivity index (χ1n) is 22.5. The van der Waals surface area contributed by atoms with Crippen LogP contribution in [0.4, 0.5) is 0 Å². The van der Waals surface area contributed by atoms with Gasteiger partial charge in [-0.25, -0.2) is 0 Å². The van der Waals surface area contributed by atoms with Gasteiger partial charge in [0.25, 0.3) is 0 Å². The molecule has 7 fully saturated rings. The summed E-state index contributed by atoms with van der Waals surface area (Å²) in [5.41, 5.74) is 3.45. The van der Waals surface area contributed by atoms with Crippen molar-refractivity contribution >= 4 is 73.7 Å². The smallest absolute Gasteiger partial charge is 0.135 e. The molecule has 0 aromatic carbocycles. The molecule has 0 radical (unpaired) electrons. The summed E-state index contributed by atoms with van der Waals surface area (Å²) >= 11 is 0. The lowest BCUT2D eigenvalue weighted by Gasteiger charge is -2.48. The normalized spacial score (nSPS) is 43.9. The highest BCUT2D eigenvalue weighted by atomic mass is 32.4. The first-order chi connectivity index (χ1) is 28.7. The van der Waals surface area contributed by atoms with Gasteiger partial charge in [0.15, 0.2) is 0 Å². The molecule has 0 amide bonds. The molecule has 7 saturated heterocycles. The van der Waals surface area contributed by atoms with E-state index in [1.54, 1.807) is 0 Å². The van der Waals surface area contributed by atoms with Gasteiger partial charge < -0.3 is 37.5 Å². The van der Waals surface area contributed by atoms with E-state index in [1.807, 2.05) is 0 Å². The van der Waals surface area contributed by atoms with Crippen LogP contribution in [0.3, 0.4) is 0 Å². The van der Waals surface area contributed by atoms with E-state index < -0.39 is 15.1 Å². The second-order valence-electron chi connectivity index (χ2n) is 19.1. The Balaban J connectivity index is 1.14. The summed E-state index contributed by atoms with van der Waals surface area (Å²) < 4.78 is 54.8. The average molecular weight is 983 g/mol. The van der Waals surface area contributed by atoms with Gasteiger partial charge in [0.2, 0.25) is 0 Å². The number of rotatable bonds is 9. The van der Waals surface area contributed by atoms with Gasteiger partial charge in [-0.05, 0) is 112 Å². The summed E-state index contributed by atoms with van der Waals surface area (Å²) in [5.74, 6) is 1.51. The molecule has 0 N–H and O–H groups in total. The van der Waals surface area contributed by atoms with Gasteiger partial charge in [0.05, 0.1) is 70.0 Å². The number of fused-ring (bicyclic) bond motifs is 7. The maximum absolute atomic E-state index is 14.3. The van der Waals surface area contributed by atoms with Crippen molar-refractivity contribution in [1.29, 1.82) is 0 Å². The Morgan fingerprint density at radius 2 is 1.42 bits per heavy atom. The summed E-state index contributed by atoms with van der Waals surface area (Å²) in [7, 11) is 13.2. The Bertz CT molecular complexity index is 1510. The fraction of sp³-hybridized carbons (Fsp3) is 0.837. The highest BCUT2D eigenvalue weighted by Crippen LogP contribution is 2.60. The van der Waals surface area contributed by atoms with Crippen LogP contribution < -0.4 is 0 Å². The quantitative estimate of drug-likeness (QED) is 0.165. The molecular formula is C43H74O9P8. The molecule has 24 atom stereocenters. The molecule has 7 aliphatic rings. The molecule has 7 heterocycles. The molecular weight excluding hydrogens is 908 g/mol. The van der Waals surface area contributed by atoms with Gasteiger partial charge >= 0.3 is 0 Å². The zero-order chi connectivity index (χ0) is 42.8. The Hall–Kier alpha value is 2.01. The maximum Gasteiger partial charge on any atom is 0.135 e. The fourth-order valence-electron chi connectivity index (χ4n) is 11.2. The van der Waals surface area contributed by atoms with Crippen LogP contribution in [-0.4, -0.2) is 97.4 Å². The molecule has 0 aromatic rings. The van der Waals surface area contributed by atoms with Crippen molar-refractivity contribution < 1.29 is 42.3 Å². The summed E-state index contributed by atoms with van der Waals surface area (Å²) in [5, 5.41) is 0. The number of ketones is 1. The first-order valence-corrected chi connectivity index (χ1v) is 34.5. The topological polar surface area (TPSA) is 90.9 Å². The molecule has 8 bridgehead atoms. The lowest BCUT2D eigenvalue weighted by atomic mass is 9.78. The van der Waals surface area contributed by atoms with Crippen molar-refractivity contribution in [1.82, 2.24) is 0 Å². The first kappa shape index (κ1) is 49.9. The Kier molecular flexibility index (Phi) is 19.0. The van der Waals surface area contributed by atoms with Crippen LogP contribution in [0, 0.1) is 23.7 Å². The van der Waals surface area contributed by atoms with Crippen LogP contribution in [0.25, 0.3) is 0 Å². The standard InChI is InChI=1S/C43H74O9P8/c1-22-7-8-29-18-25(4)33(45-29)11-9-30-17-24(3)26(5)36(46-30)21-37-32(27(6)35(48-37)15-23(2)13-14-58-53)20-28(44)19-31-10-12-34-39(47-31)43(52-60(56)57)42-41(49-34)40(51-59(54)55)38(16-22)50-42/h23-24,27,29-43,58H,1,4-5,7-21,53-57H2,2-3,6H3/t23-,24-,27-,29?,30+,31?,32?,33?,34+,35-,36?,37+,38-,39+,40+,41+,42-,43+/m1/s1. The molecule has 0 aromatic heterocycles. The lowest BCUT2D eigenvalue weighted by molar-refractivity contribution is -0.251. The third-order valence-corrected chi connectivity index (χ3v) is 18.4. The van der Waals surface area contributed by atoms with Crippen LogP contribution in [0.15, 0.2) is 36.5 Å². The van der Waals surface area contributed by atoms with Crippen LogP contribution in [0.5, 0.6) is 0 Å². The minimum Gasteiger partial charge on any atom is -0.374 e. The molecule has 9 nitrogen and oxygen atoms in total. The van der Waals surface area contributed by atoms with Crippen molar-refractivity contribution in [2.24, 2.45) is 23.7 Å². The van der Waals surface area contributed by atoms with E-state index in [0.29, 0.717) is 31.1 Å². The second kappa shape index (κ2) is 22.9. The van der Waals surface area contributed by atoms with Crippen LogP contribution in [0.2, 0.25) is 0 Å². The van der Waals surface area contributed by atoms with Crippen molar-refractivity contribution in [2.45, 2.75) is 196 Å². The van der Waals surface area contributed by atoms with E-state index in [-0.39, 0.29) is 103 Å². The largest absolute Gasteiger partial charge is 0.374 e. The van der Waals surface area contributed by atoms with E-state index >= 15 is 0 Å². The third kappa shape index (κ3) is 12.6. The minimum atomic E-state index is -0.901. The van der Waals surface area contributed by atoms with Crippen molar-refractivity contribution in [3.8, 4) is 0 Å². The Labute approximate surface area is 376 Å². The lowest BCUT2D eigenvalue weighted by Crippen LogP contribution is -2.61. The van der Waals surface area contributed by atoms with Crippen molar-refractivity contribution in [2.75, 3.05) is 6.16 Å². The second-order valence-corrected chi connectivity index (χ2v) is 32.8. The van der Waals surface area contributed by atoms with E-state index in [4.69, 9.17) is 37.5 Å². The van der Waals surface area contributed by atoms with Gasteiger partial charge in [-0.15, -0.1) is 17.2 Å². The van der Waals surface area contributed by atoms with Crippen LogP contribution in [-0.2, 0) is 42.3 Å². The number of hydrogen-bond donors (Lipinski definition) is 0. The third-order valence-electron chi connectivity index (χ3n) is 14.6. The highest BCUT2D eigenvalue weighted by Gasteiger charge is 2.59. The molecule has 340 valence electrons. The van der Waals surface area contributed by atoms with Crippen LogP contribution in [0.1, 0.15) is 111 Å². The number of carbonyl (C=O) groups excluding carboxylic acids is 1. The zero-order valence-electron chi connectivity index (χ0n) is 36.1. The average Bonchev–Trinajstić information content (AvgIpc) is 3.81. The zero-order valence-corrected chi connectivity index (χ0v) is 44.6. The number of Topliss-reactive ketones (excluding diaryl/α,β-unsaturated/α-hetero) is 1. The van der Waals surface area contributed by atoms with Crippen molar-refractivity contribution in [3.63, 3.8) is 0 Å². The van der Waals surface area contributed by atoms with Gasteiger partial charge in [-0.1, -0.05) is 81.8 Å². The predicted molar refractivity (Wildman–Crippen MR) is 265 cm³/mol. The molecule has 17 heteroatoms. The molecule has 0 aliphatic carbocycles. The summed E-state index contributed by atoms with van der Waals surface area (Å²) in [6, 6.07) is 0. The molecule has 11 unspecified atom stereocenters.